The van der Waals surface area contributed by atoms with Gasteiger partial charge < -0.3 is 15.2 Å². The summed E-state index contributed by atoms with van der Waals surface area (Å²) in [7, 11) is 0. The highest BCUT2D eigenvalue weighted by Crippen LogP contribution is 2.35. The summed E-state index contributed by atoms with van der Waals surface area (Å²) in [6, 6.07) is 10.5. The molecule has 0 aliphatic carbocycles. The molecule has 2 heterocycles. The molecule has 0 aliphatic heterocycles. The predicted octanol–water partition coefficient (Wildman–Crippen LogP) is 2.42. The molecular formula is C14H10FN3O2. The average Bonchev–Trinajstić information content (AvgIpc) is 2.80. The van der Waals surface area contributed by atoms with Crippen LogP contribution in [-0.2, 0) is 0 Å². The van der Waals surface area contributed by atoms with Gasteiger partial charge in [0.15, 0.2) is 11.6 Å². The van der Waals surface area contributed by atoms with Gasteiger partial charge in [-0.3, -0.25) is 4.79 Å². The molecule has 6 heteroatoms. The number of nitrogens with zero attached hydrogens (tertiary/aromatic N) is 1. The minimum absolute atomic E-state index is 0.135. The smallest absolute Gasteiger partial charge is 0.248 e. The van der Waals surface area contributed by atoms with Crippen LogP contribution in [0.15, 0.2) is 51.8 Å². The molecule has 0 spiro atoms. The Balaban J connectivity index is 2.22. The standard InChI is InChI=1S/C14H10FN3O2/c15-9-4-1-3-8(7-9)12-13(20-18-14(12)16)10-5-2-6-11(19)17-10/h1-7H,(H2,16,18)(H,17,19). The summed E-state index contributed by atoms with van der Waals surface area (Å²) < 4.78 is 18.5. The summed E-state index contributed by atoms with van der Waals surface area (Å²) in [6.45, 7) is 0. The molecule has 20 heavy (non-hydrogen) atoms. The lowest BCUT2D eigenvalue weighted by molar-refractivity contribution is 0.434. The van der Waals surface area contributed by atoms with Crippen LogP contribution in [0.25, 0.3) is 22.6 Å². The molecule has 0 saturated heterocycles. The molecular weight excluding hydrogens is 261 g/mol. The number of H-pyrrole nitrogens is 1. The van der Waals surface area contributed by atoms with E-state index in [-0.39, 0.29) is 11.4 Å². The Labute approximate surface area is 112 Å². The van der Waals surface area contributed by atoms with Crippen LogP contribution in [0.3, 0.4) is 0 Å². The van der Waals surface area contributed by atoms with Crippen LogP contribution in [0.5, 0.6) is 0 Å². The Morgan fingerprint density at radius 3 is 2.75 bits per heavy atom. The second-order valence-corrected chi connectivity index (χ2v) is 4.21. The fourth-order valence-electron chi connectivity index (χ4n) is 1.99. The quantitative estimate of drug-likeness (QED) is 0.749. The number of halogens is 1. The van der Waals surface area contributed by atoms with Crippen molar-refractivity contribution in [1.82, 2.24) is 10.1 Å². The number of nitrogens with one attached hydrogen (secondary N) is 1. The third-order valence-electron chi connectivity index (χ3n) is 2.84. The number of nitrogen functional groups attached to an aromatic ring is 1. The van der Waals surface area contributed by atoms with Crippen molar-refractivity contribution in [1.29, 1.82) is 0 Å². The van der Waals surface area contributed by atoms with Crippen molar-refractivity contribution in [3.63, 3.8) is 0 Å². The lowest BCUT2D eigenvalue weighted by Gasteiger charge is -2.02. The fourth-order valence-corrected chi connectivity index (χ4v) is 1.99. The molecule has 0 fully saturated rings. The maximum atomic E-state index is 13.3. The molecule has 1 aromatic carbocycles. The number of hydrogen-bond acceptors (Lipinski definition) is 4. The van der Waals surface area contributed by atoms with Crippen LogP contribution in [-0.4, -0.2) is 10.1 Å². The van der Waals surface area contributed by atoms with Gasteiger partial charge >= 0.3 is 0 Å². The van der Waals surface area contributed by atoms with E-state index in [0.29, 0.717) is 22.6 Å². The van der Waals surface area contributed by atoms with Crippen molar-refractivity contribution < 1.29 is 8.91 Å². The van der Waals surface area contributed by atoms with Gasteiger partial charge in [0.1, 0.15) is 5.82 Å². The topological polar surface area (TPSA) is 84.9 Å². The molecule has 0 unspecified atom stereocenters. The van der Waals surface area contributed by atoms with E-state index in [4.69, 9.17) is 10.3 Å². The number of rotatable bonds is 2. The molecule has 0 radical (unpaired) electrons. The fraction of sp³-hybridized carbons (Fsp3) is 0. The average molecular weight is 271 g/mol. The highest BCUT2D eigenvalue weighted by atomic mass is 19.1. The molecule has 0 atom stereocenters. The van der Waals surface area contributed by atoms with Gasteiger partial charge in [-0.1, -0.05) is 23.4 Å². The van der Waals surface area contributed by atoms with Crippen LogP contribution in [0.2, 0.25) is 0 Å². The van der Waals surface area contributed by atoms with E-state index in [2.05, 4.69) is 10.1 Å². The largest absolute Gasteiger partial charge is 0.380 e. The minimum atomic E-state index is -0.393. The summed E-state index contributed by atoms with van der Waals surface area (Å²) in [4.78, 5) is 14.0. The van der Waals surface area contributed by atoms with Gasteiger partial charge in [-0.05, 0) is 23.8 Å². The van der Waals surface area contributed by atoms with Crippen LogP contribution in [0.4, 0.5) is 10.2 Å². The van der Waals surface area contributed by atoms with Crippen molar-refractivity contribution in [2.75, 3.05) is 5.73 Å². The maximum absolute atomic E-state index is 13.3. The van der Waals surface area contributed by atoms with Gasteiger partial charge in [-0.25, -0.2) is 4.39 Å². The maximum Gasteiger partial charge on any atom is 0.248 e. The number of nitrogens with two attached hydrogens (primary N) is 1. The second kappa shape index (κ2) is 4.65. The Morgan fingerprint density at radius 2 is 2.00 bits per heavy atom. The zero-order valence-electron chi connectivity index (χ0n) is 10.3. The van der Waals surface area contributed by atoms with Gasteiger partial charge in [0.05, 0.1) is 11.3 Å². The molecule has 3 aromatic rings. The summed E-state index contributed by atoms with van der Waals surface area (Å²) in [6.07, 6.45) is 0. The van der Waals surface area contributed by atoms with E-state index in [1.807, 2.05) is 0 Å². The predicted molar refractivity (Wildman–Crippen MR) is 72.4 cm³/mol. The summed E-state index contributed by atoms with van der Waals surface area (Å²) in [5.74, 6) is 0.0386. The summed E-state index contributed by atoms with van der Waals surface area (Å²) in [5, 5.41) is 3.69. The zero-order chi connectivity index (χ0) is 14.1. The number of aromatic amines is 1. The van der Waals surface area contributed by atoms with Crippen molar-refractivity contribution in [2.45, 2.75) is 0 Å². The number of anilines is 1. The lowest BCUT2D eigenvalue weighted by Crippen LogP contribution is -2.03. The number of hydrogen-bond donors (Lipinski definition) is 2. The Hall–Kier alpha value is -2.89. The molecule has 0 amide bonds. The van der Waals surface area contributed by atoms with Crippen LogP contribution >= 0.6 is 0 Å². The van der Waals surface area contributed by atoms with Crippen LogP contribution < -0.4 is 11.3 Å². The molecule has 100 valence electrons. The van der Waals surface area contributed by atoms with Gasteiger partial charge in [0, 0.05) is 6.07 Å². The molecule has 0 aliphatic rings. The Morgan fingerprint density at radius 1 is 1.20 bits per heavy atom. The van der Waals surface area contributed by atoms with Crippen molar-refractivity contribution >= 4 is 5.82 Å². The second-order valence-electron chi connectivity index (χ2n) is 4.21. The Kier molecular flexibility index (Phi) is 2.83. The third kappa shape index (κ3) is 2.07. The SMILES string of the molecule is Nc1noc(-c2cccc(=O)[nH]2)c1-c1cccc(F)c1. The van der Waals surface area contributed by atoms with Crippen molar-refractivity contribution in [2.24, 2.45) is 0 Å². The lowest BCUT2D eigenvalue weighted by atomic mass is 10.0. The van der Waals surface area contributed by atoms with E-state index >= 15 is 0 Å². The van der Waals surface area contributed by atoms with Crippen LogP contribution in [0.1, 0.15) is 0 Å². The highest BCUT2D eigenvalue weighted by molar-refractivity contribution is 5.85. The molecule has 2 aromatic heterocycles. The number of aromatic nitrogens is 2. The van der Waals surface area contributed by atoms with E-state index in [0.717, 1.165) is 0 Å². The normalized spacial score (nSPS) is 10.7. The van der Waals surface area contributed by atoms with Gasteiger partial charge in [-0.15, -0.1) is 0 Å². The highest BCUT2D eigenvalue weighted by Gasteiger charge is 2.18. The first-order valence-electron chi connectivity index (χ1n) is 5.86. The van der Waals surface area contributed by atoms with Gasteiger partial charge in [0.25, 0.3) is 0 Å². The van der Waals surface area contributed by atoms with E-state index in [1.165, 1.54) is 18.2 Å². The van der Waals surface area contributed by atoms with E-state index in [1.54, 1.807) is 24.3 Å². The molecule has 3 rings (SSSR count). The first-order chi connectivity index (χ1) is 9.65. The molecule has 3 N–H and O–H groups in total. The first kappa shape index (κ1) is 12.2. The third-order valence-corrected chi connectivity index (χ3v) is 2.84. The van der Waals surface area contributed by atoms with E-state index < -0.39 is 5.82 Å². The summed E-state index contributed by atoms with van der Waals surface area (Å²) >= 11 is 0. The van der Waals surface area contributed by atoms with E-state index in [9.17, 15) is 9.18 Å². The van der Waals surface area contributed by atoms with Crippen LogP contribution in [0, 0.1) is 5.82 Å². The van der Waals surface area contributed by atoms with Crippen molar-refractivity contribution in [3.8, 4) is 22.6 Å². The summed E-state index contributed by atoms with van der Waals surface area (Å²) in [5.41, 5.74) is 6.92. The van der Waals surface area contributed by atoms with Gasteiger partial charge in [0.2, 0.25) is 5.56 Å². The molecule has 0 saturated carbocycles. The zero-order valence-corrected chi connectivity index (χ0v) is 10.3. The number of benzene rings is 1. The minimum Gasteiger partial charge on any atom is -0.380 e. The van der Waals surface area contributed by atoms with Crippen molar-refractivity contribution in [3.05, 3.63) is 58.6 Å². The Bertz CT molecular complexity index is 823. The monoisotopic (exact) mass is 271 g/mol. The molecule has 5 nitrogen and oxygen atoms in total. The van der Waals surface area contributed by atoms with Gasteiger partial charge in [-0.2, -0.15) is 0 Å². The first-order valence-corrected chi connectivity index (χ1v) is 5.86. The number of pyridine rings is 1. The molecule has 0 bridgehead atoms.